The lowest BCUT2D eigenvalue weighted by atomic mass is 9.92. The molecule has 26 heavy (non-hydrogen) atoms. The Labute approximate surface area is 155 Å². The van der Waals surface area contributed by atoms with Gasteiger partial charge in [0, 0.05) is 30.2 Å². The first-order valence-electron chi connectivity index (χ1n) is 9.37. The van der Waals surface area contributed by atoms with Gasteiger partial charge in [0.15, 0.2) is 0 Å². The number of nitrogens with zero attached hydrogens (tertiary/aromatic N) is 2. The molecule has 1 aromatic heterocycles. The van der Waals surface area contributed by atoms with E-state index in [0.29, 0.717) is 0 Å². The monoisotopic (exact) mass is 358 g/mol. The first-order chi connectivity index (χ1) is 12.5. The lowest BCUT2D eigenvalue weighted by Crippen LogP contribution is -2.42. The molecular formula is C20H30N4O2. The van der Waals surface area contributed by atoms with E-state index < -0.39 is 0 Å². The van der Waals surface area contributed by atoms with Gasteiger partial charge in [0.1, 0.15) is 5.75 Å². The van der Waals surface area contributed by atoms with Crippen LogP contribution in [0.1, 0.15) is 31.2 Å². The molecule has 0 bridgehead atoms. The third-order valence-corrected chi connectivity index (χ3v) is 5.24. The second-order valence-electron chi connectivity index (χ2n) is 7.52. The van der Waals surface area contributed by atoms with Gasteiger partial charge in [-0.1, -0.05) is 0 Å². The number of carbonyl (C=O) groups excluding carboxylic acids is 1. The van der Waals surface area contributed by atoms with Crippen LogP contribution in [0.25, 0.3) is 10.9 Å². The summed E-state index contributed by atoms with van der Waals surface area (Å²) >= 11 is 0. The van der Waals surface area contributed by atoms with Crippen molar-refractivity contribution < 1.29 is 9.53 Å². The minimum atomic E-state index is -0.0586. The number of rotatable bonds is 5. The SMILES string of the molecule is COc1ccc2c(c1)c(CCN(C)C)cn2C(=O)NC1CCC(N)CC1. The number of likely N-dealkylation sites (N-methyl/N-ethyl adjacent to an activating group) is 1. The van der Waals surface area contributed by atoms with Gasteiger partial charge in [-0.25, -0.2) is 4.79 Å². The third-order valence-electron chi connectivity index (χ3n) is 5.24. The zero-order valence-electron chi connectivity index (χ0n) is 16.0. The molecule has 0 saturated heterocycles. The summed E-state index contributed by atoms with van der Waals surface area (Å²) in [4.78, 5) is 15.0. The van der Waals surface area contributed by atoms with Crippen molar-refractivity contribution in [1.82, 2.24) is 14.8 Å². The maximum Gasteiger partial charge on any atom is 0.326 e. The van der Waals surface area contributed by atoms with Crippen LogP contribution >= 0.6 is 0 Å². The van der Waals surface area contributed by atoms with Crippen molar-refractivity contribution in [2.45, 2.75) is 44.2 Å². The van der Waals surface area contributed by atoms with Crippen molar-refractivity contribution in [3.8, 4) is 5.75 Å². The van der Waals surface area contributed by atoms with Crippen LogP contribution in [0.3, 0.4) is 0 Å². The number of hydrogen-bond acceptors (Lipinski definition) is 4. The number of nitrogens with one attached hydrogen (secondary N) is 1. The second kappa shape index (κ2) is 8.10. The van der Waals surface area contributed by atoms with Crippen LogP contribution in [0.2, 0.25) is 0 Å². The molecule has 2 aromatic rings. The molecule has 1 aliphatic rings. The van der Waals surface area contributed by atoms with Gasteiger partial charge in [0.2, 0.25) is 0 Å². The molecule has 0 radical (unpaired) electrons. The van der Waals surface area contributed by atoms with Crippen LogP contribution in [-0.4, -0.2) is 55.3 Å². The third kappa shape index (κ3) is 4.19. The van der Waals surface area contributed by atoms with Crippen LogP contribution in [0.4, 0.5) is 4.79 Å². The Bertz CT molecular complexity index is 761. The quantitative estimate of drug-likeness (QED) is 0.862. The highest BCUT2D eigenvalue weighted by molar-refractivity contribution is 5.94. The molecule has 1 saturated carbocycles. The predicted octanol–water partition coefficient (Wildman–Crippen LogP) is 2.58. The zero-order chi connectivity index (χ0) is 18.7. The number of fused-ring (bicyclic) bond motifs is 1. The summed E-state index contributed by atoms with van der Waals surface area (Å²) in [7, 11) is 5.78. The predicted molar refractivity (Wildman–Crippen MR) is 105 cm³/mol. The number of benzene rings is 1. The van der Waals surface area contributed by atoms with E-state index in [1.807, 2.05) is 24.4 Å². The Morgan fingerprint density at radius 2 is 2.04 bits per heavy atom. The smallest absolute Gasteiger partial charge is 0.326 e. The van der Waals surface area contributed by atoms with Crippen LogP contribution in [0.5, 0.6) is 5.75 Å². The van der Waals surface area contributed by atoms with Crippen molar-refractivity contribution >= 4 is 16.9 Å². The molecule has 1 heterocycles. The molecular weight excluding hydrogens is 328 g/mol. The second-order valence-corrected chi connectivity index (χ2v) is 7.52. The van der Waals surface area contributed by atoms with Crippen LogP contribution in [0.15, 0.2) is 24.4 Å². The largest absolute Gasteiger partial charge is 0.497 e. The number of hydrogen-bond donors (Lipinski definition) is 2. The molecule has 1 aliphatic carbocycles. The van der Waals surface area contributed by atoms with Gasteiger partial charge in [0.05, 0.1) is 12.6 Å². The average Bonchev–Trinajstić information content (AvgIpc) is 2.99. The van der Waals surface area contributed by atoms with Gasteiger partial charge in [-0.05, 0) is 70.0 Å². The van der Waals surface area contributed by atoms with Crippen molar-refractivity contribution in [3.05, 3.63) is 30.0 Å². The van der Waals surface area contributed by atoms with Crippen molar-refractivity contribution in [1.29, 1.82) is 0 Å². The van der Waals surface area contributed by atoms with Gasteiger partial charge in [-0.3, -0.25) is 4.57 Å². The summed E-state index contributed by atoms with van der Waals surface area (Å²) in [5, 5.41) is 4.26. The molecule has 3 N–H and O–H groups in total. The first kappa shape index (κ1) is 18.7. The summed E-state index contributed by atoms with van der Waals surface area (Å²) in [5.74, 6) is 0.808. The Balaban J connectivity index is 1.85. The summed E-state index contributed by atoms with van der Waals surface area (Å²) < 4.78 is 7.12. The molecule has 0 aliphatic heterocycles. The fourth-order valence-electron chi connectivity index (χ4n) is 3.62. The van der Waals surface area contributed by atoms with E-state index >= 15 is 0 Å². The highest BCUT2D eigenvalue weighted by Crippen LogP contribution is 2.27. The number of nitrogens with two attached hydrogens (primary N) is 1. The Kier molecular flexibility index (Phi) is 5.84. The highest BCUT2D eigenvalue weighted by atomic mass is 16.5. The highest BCUT2D eigenvalue weighted by Gasteiger charge is 2.22. The number of amides is 1. The summed E-state index contributed by atoms with van der Waals surface area (Å²) in [6, 6.07) is 6.31. The molecule has 142 valence electrons. The van der Waals surface area contributed by atoms with E-state index in [1.54, 1.807) is 11.7 Å². The fourth-order valence-corrected chi connectivity index (χ4v) is 3.62. The lowest BCUT2D eigenvalue weighted by molar-refractivity contribution is 0.233. The lowest BCUT2D eigenvalue weighted by Gasteiger charge is -2.26. The van der Waals surface area contributed by atoms with Gasteiger partial charge >= 0.3 is 6.03 Å². The van der Waals surface area contributed by atoms with Gasteiger partial charge in [0.25, 0.3) is 0 Å². The minimum absolute atomic E-state index is 0.0586. The van der Waals surface area contributed by atoms with E-state index in [4.69, 9.17) is 10.5 Å². The van der Waals surface area contributed by atoms with Crippen molar-refractivity contribution in [2.24, 2.45) is 5.73 Å². The molecule has 0 unspecified atom stereocenters. The Morgan fingerprint density at radius 3 is 2.69 bits per heavy atom. The van der Waals surface area contributed by atoms with Gasteiger partial charge < -0.3 is 20.7 Å². The maximum atomic E-state index is 12.9. The first-order valence-corrected chi connectivity index (χ1v) is 9.37. The molecule has 1 aromatic carbocycles. The Morgan fingerprint density at radius 1 is 1.31 bits per heavy atom. The summed E-state index contributed by atoms with van der Waals surface area (Å²) in [6.07, 6.45) is 6.71. The van der Waals surface area contributed by atoms with Crippen LogP contribution < -0.4 is 15.8 Å². The zero-order valence-corrected chi connectivity index (χ0v) is 16.0. The van der Waals surface area contributed by atoms with Gasteiger partial charge in [-0.2, -0.15) is 0 Å². The average molecular weight is 358 g/mol. The summed E-state index contributed by atoms with van der Waals surface area (Å²) in [6.45, 7) is 0.929. The minimum Gasteiger partial charge on any atom is -0.497 e. The Hall–Kier alpha value is -2.05. The van der Waals surface area contributed by atoms with E-state index in [0.717, 1.165) is 60.9 Å². The van der Waals surface area contributed by atoms with Crippen molar-refractivity contribution in [2.75, 3.05) is 27.7 Å². The van der Waals surface area contributed by atoms with E-state index in [1.165, 1.54) is 0 Å². The normalized spacial score (nSPS) is 20.5. The molecule has 6 nitrogen and oxygen atoms in total. The number of ether oxygens (including phenoxy) is 1. The molecule has 1 amide bonds. The molecule has 6 heteroatoms. The van der Waals surface area contributed by atoms with E-state index in [9.17, 15) is 4.79 Å². The number of carbonyl (C=O) groups is 1. The number of aromatic nitrogens is 1. The van der Waals surface area contributed by atoms with E-state index in [-0.39, 0.29) is 18.1 Å². The number of methoxy groups -OCH3 is 1. The van der Waals surface area contributed by atoms with Crippen LogP contribution in [0, 0.1) is 0 Å². The molecule has 0 atom stereocenters. The maximum absolute atomic E-state index is 12.9. The van der Waals surface area contributed by atoms with Gasteiger partial charge in [-0.15, -0.1) is 0 Å². The molecule has 1 fully saturated rings. The van der Waals surface area contributed by atoms with E-state index in [2.05, 4.69) is 24.3 Å². The van der Waals surface area contributed by atoms with Crippen LogP contribution in [-0.2, 0) is 6.42 Å². The fraction of sp³-hybridized carbons (Fsp3) is 0.550. The summed E-state index contributed by atoms with van der Waals surface area (Å²) in [5.41, 5.74) is 8.05. The molecule has 3 rings (SSSR count). The van der Waals surface area contributed by atoms with Crippen molar-refractivity contribution in [3.63, 3.8) is 0 Å². The molecule has 0 spiro atoms. The topological polar surface area (TPSA) is 72.5 Å². The standard InChI is InChI=1S/C20H30N4O2/c1-23(2)11-10-14-13-24(19-9-8-17(26-3)12-18(14)19)20(25)22-16-6-4-15(21)5-7-16/h8-9,12-13,15-16H,4-7,10-11,21H2,1-3H3,(H,22,25).